The first-order valence-electron chi connectivity index (χ1n) is 7.90. The van der Waals surface area contributed by atoms with Crippen LogP contribution in [0.4, 0.5) is 8.78 Å². The molecule has 0 unspecified atom stereocenters. The summed E-state index contributed by atoms with van der Waals surface area (Å²) in [5, 5.41) is 9.51. The number of phenols is 1. The monoisotopic (exact) mass is 364 g/mol. The number of aromatic hydroxyl groups is 1. The quantitative estimate of drug-likeness (QED) is 0.592. The van der Waals surface area contributed by atoms with Crippen LogP contribution in [0.25, 0.3) is 11.1 Å². The Balaban J connectivity index is 1.76. The maximum absolute atomic E-state index is 14.4. The molecule has 0 amide bonds. The van der Waals surface area contributed by atoms with Crippen molar-refractivity contribution in [3.05, 3.63) is 48.0 Å². The second-order valence-corrected chi connectivity index (χ2v) is 7.35. The molecule has 25 heavy (non-hydrogen) atoms. The highest BCUT2D eigenvalue weighted by atomic mass is 32.2. The van der Waals surface area contributed by atoms with Gasteiger partial charge in [-0.3, -0.25) is 4.79 Å². The van der Waals surface area contributed by atoms with Crippen molar-refractivity contribution < 1.29 is 23.4 Å². The van der Waals surface area contributed by atoms with E-state index in [0.717, 1.165) is 24.6 Å². The molecule has 0 atom stereocenters. The van der Waals surface area contributed by atoms with Crippen LogP contribution in [0.2, 0.25) is 0 Å². The molecule has 2 aromatic carbocycles. The van der Waals surface area contributed by atoms with E-state index >= 15 is 0 Å². The third-order valence-corrected chi connectivity index (χ3v) is 5.84. The Kier molecular flexibility index (Phi) is 4.99. The number of rotatable bonds is 6. The van der Waals surface area contributed by atoms with E-state index in [9.17, 15) is 18.7 Å². The van der Waals surface area contributed by atoms with Gasteiger partial charge in [0.2, 0.25) is 0 Å². The molecule has 1 N–H and O–H groups in total. The normalized spacial score (nSPS) is 15.0. The Morgan fingerprint density at radius 3 is 2.44 bits per heavy atom. The molecule has 132 valence electrons. The van der Waals surface area contributed by atoms with Crippen molar-refractivity contribution in [2.45, 2.75) is 24.2 Å². The lowest BCUT2D eigenvalue weighted by Crippen LogP contribution is -2.13. The standard InChI is InChI=1S/C19H18F2O3S/c1-24-17(23)10-19(5-6-19)11-25-18-15(20)8-13(9-16(18)21)12-3-2-4-14(22)7-12/h2-4,7-9,22H,5-6,10-11H2,1H3. The molecule has 0 aromatic heterocycles. The molecule has 0 saturated heterocycles. The number of carbonyl (C=O) groups excluding carboxylic acids is 1. The van der Waals surface area contributed by atoms with Gasteiger partial charge in [0.1, 0.15) is 17.4 Å². The van der Waals surface area contributed by atoms with Crippen molar-refractivity contribution in [3.63, 3.8) is 0 Å². The van der Waals surface area contributed by atoms with Crippen LogP contribution in [0.3, 0.4) is 0 Å². The Bertz CT molecular complexity index is 780. The molecule has 1 fully saturated rings. The highest BCUT2D eigenvalue weighted by Gasteiger charge is 2.44. The summed E-state index contributed by atoms with van der Waals surface area (Å²) in [5.41, 5.74) is 0.699. The molecule has 1 aliphatic rings. The Morgan fingerprint density at radius 2 is 1.88 bits per heavy atom. The van der Waals surface area contributed by atoms with Gasteiger partial charge in [-0.25, -0.2) is 8.78 Å². The van der Waals surface area contributed by atoms with Gasteiger partial charge in [-0.2, -0.15) is 0 Å². The summed E-state index contributed by atoms with van der Waals surface area (Å²) in [7, 11) is 1.34. The summed E-state index contributed by atoms with van der Waals surface area (Å²) in [5.74, 6) is -1.07. The zero-order valence-electron chi connectivity index (χ0n) is 13.7. The van der Waals surface area contributed by atoms with Crippen LogP contribution in [-0.4, -0.2) is 23.9 Å². The van der Waals surface area contributed by atoms with Crippen LogP contribution in [0.5, 0.6) is 5.75 Å². The first-order valence-corrected chi connectivity index (χ1v) is 8.89. The Morgan fingerprint density at radius 1 is 1.20 bits per heavy atom. The van der Waals surface area contributed by atoms with Gasteiger partial charge < -0.3 is 9.84 Å². The van der Waals surface area contributed by atoms with Crippen molar-refractivity contribution in [2.24, 2.45) is 5.41 Å². The van der Waals surface area contributed by atoms with Crippen LogP contribution >= 0.6 is 11.8 Å². The average Bonchev–Trinajstić information content (AvgIpc) is 3.33. The molecular formula is C19H18F2O3S. The second kappa shape index (κ2) is 7.04. The van der Waals surface area contributed by atoms with E-state index in [1.807, 2.05) is 0 Å². The molecule has 1 aliphatic carbocycles. The fraction of sp³-hybridized carbons (Fsp3) is 0.316. The predicted molar refractivity (Wildman–Crippen MR) is 92.5 cm³/mol. The van der Waals surface area contributed by atoms with Crippen molar-refractivity contribution in [1.29, 1.82) is 0 Å². The summed E-state index contributed by atoms with van der Waals surface area (Å²) >= 11 is 1.10. The minimum absolute atomic E-state index is 0.0373. The molecule has 6 heteroatoms. The number of halogens is 2. The topological polar surface area (TPSA) is 46.5 Å². The molecule has 1 saturated carbocycles. The van der Waals surface area contributed by atoms with E-state index in [2.05, 4.69) is 4.74 Å². The van der Waals surface area contributed by atoms with Crippen LogP contribution in [0, 0.1) is 17.0 Å². The van der Waals surface area contributed by atoms with Crippen molar-refractivity contribution in [3.8, 4) is 16.9 Å². The number of thioether (sulfide) groups is 1. The number of benzene rings is 2. The molecule has 0 heterocycles. The number of ether oxygens (including phenoxy) is 1. The molecular weight excluding hydrogens is 346 g/mol. The molecule has 0 bridgehead atoms. The third-order valence-electron chi connectivity index (χ3n) is 4.40. The van der Waals surface area contributed by atoms with Gasteiger partial charge in [0.15, 0.2) is 0 Å². The fourth-order valence-electron chi connectivity index (χ4n) is 2.70. The number of methoxy groups -OCH3 is 1. The van der Waals surface area contributed by atoms with Gasteiger partial charge in [-0.15, -0.1) is 11.8 Å². The van der Waals surface area contributed by atoms with E-state index in [0.29, 0.717) is 16.9 Å². The van der Waals surface area contributed by atoms with E-state index in [-0.39, 0.29) is 28.5 Å². The van der Waals surface area contributed by atoms with Gasteiger partial charge in [0, 0.05) is 5.75 Å². The van der Waals surface area contributed by atoms with E-state index in [1.165, 1.54) is 31.4 Å². The van der Waals surface area contributed by atoms with E-state index in [1.54, 1.807) is 12.1 Å². The van der Waals surface area contributed by atoms with Gasteiger partial charge in [0.05, 0.1) is 18.4 Å². The molecule has 0 spiro atoms. The molecule has 2 aromatic rings. The second-order valence-electron chi connectivity index (χ2n) is 6.36. The maximum atomic E-state index is 14.4. The minimum Gasteiger partial charge on any atom is -0.508 e. The summed E-state index contributed by atoms with van der Waals surface area (Å²) in [4.78, 5) is 11.4. The Hall–Kier alpha value is -2.08. The third kappa shape index (κ3) is 4.12. The fourth-order valence-corrected chi connectivity index (χ4v) is 3.94. The van der Waals surface area contributed by atoms with E-state index in [4.69, 9.17) is 0 Å². The molecule has 0 aliphatic heterocycles. The predicted octanol–water partition coefficient (Wildman–Crippen LogP) is 4.77. The first kappa shape index (κ1) is 17.7. The van der Waals surface area contributed by atoms with Crippen LogP contribution in [-0.2, 0) is 9.53 Å². The van der Waals surface area contributed by atoms with Crippen molar-refractivity contribution in [1.82, 2.24) is 0 Å². The zero-order valence-corrected chi connectivity index (χ0v) is 14.5. The number of carbonyl (C=O) groups is 1. The number of hydrogen-bond donors (Lipinski definition) is 1. The van der Waals surface area contributed by atoms with E-state index < -0.39 is 11.6 Å². The van der Waals surface area contributed by atoms with Crippen LogP contribution in [0.1, 0.15) is 19.3 Å². The smallest absolute Gasteiger partial charge is 0.306 e. The number of hydrogen-bond acceptors (Lipinski definition) is 4. The maximum Gasteiger partial charge on any atom is 0.306 e. The van der Waals surface area contributed by atoms with Gasteiger partial charge in [-0.1, -0.05) is 12.1 Å². The molecule has 0 radical (unpaired) electrons. The van der Waals surface area contributed by atoms with Gasteiger partial charge >= 0.3 is 5.97 Å². The van der Waals surface area contributed by atoms with Crippen LogP contribution in [0.15, 0.2) is 41.3 Å². The lowest BCUT2D eigenvalue weighted by Gasteiger charge is -2.14. The highest BCUT2D eigenvalue weighted by Crippen LogP contribution is 2.52. The van der Waals surface area contributed by atoms with Crippen LogP contribution < -0.4 is 0 Å². The highest BCUT2D eigenvalue weighted by molar-refractivity contribution is 7.99. The minimum atomic E-state index is -0.641. The largest absolute Gasteiger partial charge is 0.508 e. The van der Waals surface area contributed by atoms with Crippen molar-refractivity contribution >= 4 is 17.7 Å². The number of esters is 1. The molecule has 3 rings (SSSR count). The Labute approximate surface area is 149 Å². The average molecular weight is 364 g/mol. The number of phenolic OH excluding ortho intramolecular Hbond substituents is 1. The lowest BCUT2D eigenvalue weighted by atomic mass is 10.1. The van der Waals surface area contributed by atoms with Gasteiger partial charge in [-0.05, 0) is 53.6 Å². The summed E-state index contributed by atoms with van der Waals surface area (Å²) in [6.07, 6.45) is 2.00. The lowest BCUT2D eigenvalue weighted by molar-refractivity contribution is -0.141. The zero-order chi connectivity index (χ0) is 18.0. The first-order chi connectivity index (χ1) is 11.9. The molecule has 3 nitrogen and oxygen atoms in total. The van der Waals surface area contributed by atoms with Crippen molar-refractivity contribution in [2.75, 3.05) is 12.9 Å². The van der Waals surface area contributed by atoms with Gasteiger partial charge in [0.25, 0.3) is 0 Å². The summed E-state index contributed by atoms with van der Waals surface area (Å²) < 4.78 is 33.5. The summed E-state index contributed by atoms with van der Waals surface area (Å²) in [6, 6.07) is 8.77. The summed E-state index contributed by atoms with van der Waals surface area (Å²) in [6.45, 7) is 0. The SMILES string of the molecule is COC(=O)CC1(CSc2c(F)cc(-c3cccc(O)c3)cc2F)CC1.